The smallest absolute Gasteiger partial charge is 0.115 e. The van der Waals surface area contributed by atoms with Crippen LogP contribution in [0, 0.1) is 5.41 Å². The lowest BCUT2D eigenvalue weighted by Gasteiger charge is -2.11. The standard InChI is InChI=1S/C8H10N2O/c1-10(6-9)7-2-4-8(11)5-3-7/h2-6,9,11H,1H3. The molecule has 3 heteroatoms. The summed E-state index contributed by atoms with van der Waals surface area (Å²) in [6, 6.07) is 6.69. The van der Waals surface area contributed by atoms with E-state index in [4.69, 9.17) is 10.5 Å². The van der Waals surface area contributed by atoms with E-state index in [9.17, 15) is 0 Å². The van der Waals surface area contributed by atoms with Crippen molar-refractivity contribution in [2.75, 3.05) is 11.9 Å². The molecule has 0 unspecified atom stereocenters. The molecule has 1 rings (SSSR count). The summed E-state index contributed by atoms with van der Waals surface area (Å²) in [6.07, 6.45) is 1.21. The van der Waals surface area contributed by atoms with Crippen LogP contribution in [0.15, 0.2) is 24.3 Å². The maximum absolute atomic E-state index is 8.94. The van der Waals surface area contributed by atoms with Crippen molar-refractivity contribution in [3.63, 3.8) is 0 Å². The van der Waals surface area contributed by atoms with E-state index in [2.05, 4.69) is 0 Å². The Bertz CT molecular complexity index is 243. The van der Waals surface area contributed by atoms with Gasteiger partial charge in [0.1, 0.15) is 5.75 Å². The van der Waals surface area contributed by atoms with Crippen LogP contribution < -0.4 is 4.90 Å². The monoisotopic (exact) mass is 150 g/mol. The number of anilines is 1. The lowest BCUT2D eigenvalue weighted by molar-refractivity contribution is 0.475. The van der Waals surface area contributed by atoms with Crippen molar-refractivity contribution < 1.29 is 5.11 Å². The predicted molar refractivity (Wildman–Crippen MR) is 45.3 cm³/mol. The molecule has 11 heavy (non-hydrogen) atoms. The first-order valence-corrected chi connectivity index (χ1v) is 3.26. The van der Waals surface area contributed by atoms with Gasteiger partial charge in [-0.15, -0.1) is 0 Å². The molecule has 0 saturated heterocycles. The topological polar surface area (TPSA) is 47.3 Å². The molecule has 58 valence electrons. The van der Waals surface area contributed by atoms with Gasteiger partial charge in [0.15, 0.2) is 0 Å². The number of hydrogen-bond acceptors (Lipinski definition) is 2. The van der Waals surface area contributed by atoms with Gasteiger partial charge in [-0.05, 0) is 24.3 Å². The lowest BCUT2D eigenvalue weighted by Crippen LogP contribution is -2.12. The molecule has 0 aliphatic rings. The van der Waals surface area contributed by atoms with Gasteiger partial charge in [-0.3, -0.25) is 5.41 Å². The van der Waals surface area contributed by atoms with Gasteiger partial charge in [-0.1, -0.05) is 0 Å². The normalized spacial score (nSPS) is 9.18. The summed E-state index contributed by atoms with van der Waals surface area (Å²) < 4.78 is 0. The van der Waals surface area contributed by atoms with Crippen LogP contribution >= 0.6 is 0 Å². The van der Waals surface area contributed by atoms with E-state index in [-0.39, 0.29) is 5.75 Å². The predicted octanol–water partition coefficient (Wildman–Crippen LogP) is 1.44. The minimum atomic E-state index is 0.243. The highest BCUT2D eigenvalue weighted by Gasteiger charge is 1.94. The second-order valence-electron chi connectivity index (χ2n) is 2.26. The molecule has 0 amide bonds. The Hall–Kier alpha value is -1.51. The van der Waals surface area contributed by atoms with E-state index in [1.807, 2.05) is 0 Å². The van der Waals surface area contributed by atoms with Gasteiger partial charge >= 0.3 is 0 Å². The molecule has 0 heterocycles. The molecule has 0 aliphatic carbocycles. The van der Waals surface area contributed by atoms with Gasteiger partial charge in [0.05, 0.1) is 6.34 Å². The number of aromatic hydroxyl groups is 1. The zero-order valence-electron chi connectivity index (χ0n) is 6.28. The molecule has 0 aromatic heterocycles. The van der Waals surface area contributed by atoms with Gasteiger partial charge < -0.3 is 10.0 Å². The zero-order chi connectivity index (χ0) is 8.27. The Morgan fingerprint density at radius 3 is 2.36 bits per heavy atom. The highest BCUT2D eigenvalue weighted by molar-refractivity contribution is 5.76. The van der Waals surface area contributed by atoms with Gasteiger partial charge in [-0.25, -0.2) is 0 Å². The van der Waals surface area contributed by atoms with E-state index in [1.54, 1.807) is 36.2 Å². The summed E-state index contributed by atoms with van der Waals surface area (Å²) in [5, 5.41) is 15.9. The Balaban J connectivity index is 2.89. The maximum Gasteiger partial charge on any atom is 0.115 e. The number of benzene rings is 1. The molecule has 3 nitrogen and oxygen atoms in total. The minimum Gasteiger partial charge on any atom is -0.508 e. The Morgan fingerprint density at radius 2 is 1.91 bits per heavy atom. The van der Waals surface area contributed by atoms with Crippen molar-refractivity contribution in [3.8, 4) is 5.75 Å². The molecule has 0 bridgehead atoms. The van der Waals surface area contributed by atoms with Gasteiger partial charge in [0.2, 0.25) is 0 Å². The fourth-order valence-electron chi connectivity index (χ4n) is 0.762. The summed E-state index contributed by atoms with van der Waals surface area (Å²) >= 11 is 0. The first-order valence-electron chi connectivity index (χ1n) is 3.26. The second-order valence-corrected chi connectivity index (χ2v) is 2.26. The molecule has 2 N–H and O–H groups in total. The van der Waals surface area contributed by atoms with Crippen molar-refractivity contribution in [1.82, 2.24) is 0 Å². The zero-order valence-corrected chi connectivity index (χ0v) is 6.28. The van der Waals surface area contributed by atoms with Crippen LogP contribution in [0.25, 0.3) is 0 Å². The Kier molecular flexibility index (Phi) is 2.11. The number of phenols is 1. The molecule has 0 saturated carbocycles. The summed E-state index contributed by atoms with van der Waals surface area (Å²) in [6.45, 7) is 0. The first-order chi connectivity index (χ1) is 5.24. The molecule has 1 aromatic carbocycles. The Morgan fingerprint density at radius 1 is 1.36 bits per heavy atom. The second kappa shape index (κ2) is 3.05. The summed E-state index contributed by atoms with van der Waals surface area (Å²) in [4.78, 5) is 1.65. The average molecular weight is 150 g/mol. The van der Waals surface area contributed by atoms with Crippen molar-refractivity contribution in [2.24, 2.45) is 0 Å². The third-order valence-electron chi connectivity index (χ3n) is 1.45. The van der Waals surface area contributed by atoms with Crippen LogP contribution in [0.3, 0.4) is 0 Å². The molecular weight excluding hydrogens is 140 g/mol. The first kappa shape index (κ1) is 7.60. The van der Waals surface area contributed by atoms with E-state index >= 15 is 0 Å². The van der Waals surface area contributed by atoms with E-state index in [0.717, 1.165) is 5.69 Å². The number of nitrogens with one attached hydrogen (secondary N) is 1. The van der Waals surface area contributed by atoms with Crippen molar-refractivity contribution in [3.05, 3.63) is 24.3 Å². The van der Waals surface area contributed by atoms with Crippen LogP contribution in [-0.2, 0) is 0 Å². The van der Waals surface area contributed by atoms with E-state index in [1.165, 1.54) is 6.34 Å². The molecular formula is C8H10N2O. The van der Waals surface area contributed by atoms with Crippen molar-refractivity contribution >= 4 is 12.0 Å². The number of phenolic OH excluding ortho intramolecular Hbond substituents is 1. The molecule has 0 fully saturated rings. The third-order valence-corrected chi connectivity index (χ3v) is 1.45. The van der Waals surface area contributed by atoms with Gasteiger partial charge in [0.25, 0.3) is 0 Å². The van der Waals surface area contributed by atoms with Crippen LogP contribution in [0.4, 0.5) is 5.69 Å². The van der Waals surface area contributed by atoms with Gasteiger partial charge in [-0.2, -0.15) is 0 Å². The fourth-order valence-corrected chi connectivity index (χ4v) is 0.762. The van der Waals surface area contributed by atoms with Crippen LogP contribution in [0.5, 0.6) is 5.75 Å². The number of nitrogens with zero attached hydrogens (tertiary/aromatic N) is 1. The highest BCUT2D eigenvalue weighted by atomic mass is 16.3. The van der Waals surface area contributed by atoms with Crippen molar-refractivity contribution in [2.45, 2.75) is 0 Å². The quantitative estimate of drug-likeness (QED) is 0.495. The number of hydrogen-bond donors (Lipinski definition) is 2. The summed E-state index contributed by atoms with van der Waals surface area (Å²) in [5.74, 6) is 0.243. The minimum absolute atomic E-state index is 0.243. The molecule has 1 aromatic rings. The van der Waals surface area contributed by atoms with Crippen LogP contribution in [0.2, 0.25) is 0 Å². The van der Waals surface area contributed by atoms with E-state index < -0.39 is 0 Å². The maximum atomic E-state index is 8.94. The Labute approximate surface area is 65.4 Å². The largest absolute Gasteiger partial charge is 0.508 e. The average Bonchev–Trinajstić information content (AvgIpc) is 2.05. The number of rotatable bonds is 2. The van der Waals surface area contributed by atoms with Crippen LogP contribution in [0.1, 0.15) is 0 Å². The summed E-state index contributed by atoms with van der Waals surface area (Å²) in [5.41, 5.74) is 0.887. The fraction of sp³-hybridized carbons (Fsp3) is 0.125. The lowest BCUT2D eigenvalue weighted by atomic mass is 10.3. The SMILES string of the molecule is CN(C=N)c1ccc(O)cc1. The molecule has 0 spiro atoms. The third kappa shape index (κ3) is 1.70. The highest BCUT2D eigenvalue weighted by Crippen LogP contribution is 2.15. The van der Waals surface area contributed by atoms with Crippen molar-refractivity contribution in [1.29, 1.82) is 5.41 Å². The van der Waals surface area contributed by atoms with Gasteiger partial charge in [0, 0.05) is 12.7 Å². The van der Waals surface area contributed by atoms with Crippen LogP contribution in [-0.4, -0.2) is 18.5 Å². The molecule has 0 atom stereocenters. The molecule has 0 aliphatic heterocycles. The van der Waals surface area contributed by atoms with E-state index in [0.29, 0.717) is 0 Å². The summed E-state index contributed by atoms with van der Waals surface area (Å²) in [7, 11) is 1.78. The molecule has 0 radical (unpaired) electrons.